The second-order valence-electron chi connectivity index (χ2n) is 12.9. The Bertz CT molecular complexity index is 419. The van der Waals surface area contributed by atoms with Gasteiger partial charge in [0.2, 0.25) is 0 Å². The van der Waals surface area contributed by atoms with E-state index in [9.17, 15) is 0 Å². The molecule has 0 aromatic heterocycles. The summed E-state index contributed by atoms with van der Waals surface area (Å²) in [6.07, 6.45) is 19.5. The quantitative estimate of drug-likeness (QED) is 0.360. The molecule has 2 nitrogen and oxygen atoms in total. The Morgan fingerprint density at radius 1 is 0.600 bits per heavy atom. The van der Waals surface area contributed by atoms with E-state index >= 15 is 0 Å². The minimum absolute atomic E-state index is 0.362. The molecule has 2 fully saturated rings. The van der Waals surface area contributed by atoms with Crippen LogP contribution in [0.15, 0.2) is 0 Å². The van der Waals surface area contributed by atoms with E-state index in [2.05, 4.69) is 41.5 Å². The van der Waals surface area contributed by atoms with Crippen molar-refractivity contribution in [1.82, 2.24) is 0 Å². The van der Waals surface area contributed by atoms with Crippen molar-refractivity contribution in [1.29, 1.82) is 0 Å². The minimum atomic E-state index is 0.362. The molecule has 0 aromatic carbocycles. The molecule has 0 amide bonds. The average molecular weight is 421 g/mol. The summed E-state index contributed by atoms with van der Waals surface area (Å²) in [4.78, 5) is 0. The van der Waals surface area contributed by atoms with Gasteiger partial charge < -0.3 is 11.5 Å². The molecule has 2 atom stereocenters. The van der Waals surface area contributed by atoms with E-state index in [-0.39, 0.29) is 0 Å². The van der Waals surface area contributed by atoms with Gasteiger partial charge >= 0.3 is 0 Å². The minimum Gasteiger partial charge on any atom is -0.328 e. The van der Waals surface area contributed by atoms with Crippen LogP contribution in [0.4, 0.5) is 0 Å². The van der Waals surface area contributed by atoms with Crippen molar-refractivity contribution in [2.45, 2.75) is 144 Å². The van der Waals surface area contributed by atoms with Gasteiger partial charge in [-0.05, 0) is 125 Å². The van der Waals surface area contributed by atoms with Crippen molar-refractivity contribution in [3.63, 3.8) is 0 Å². The lowest BCUT2D eigenvalue weighted by Crippen LogP contribution is -2.34. The van der Waals surface area contributed by atoms with Crippen LogP contribution >= 0.6 is 0 Å². The molecule has 0 bridgehead atoms. The van der Waals surface area contributed by atoms with Gasteiger partial charge in [-0.2, -0.15) is 0 Å². The van der Waals surface area contributed by atoms with Gasteiger partial charge in [0.05, 0.1) is 0 Å². The molecule has 0 aromatic rings. The van der Waals surface area contributed by atoms with Crippen molar-refractivity contribution < 1.29 is 0 Å². The van der Waals surface area contributed by atoms with Crippen LogP contribution in [0.3, 0.4) is 0 Å². The van der Waals surface area contributed by atoms with E-state index in [1.165, 1.54) is 89.9 Å². The summed E-state index contributed by atoms with van der Waals surface area (Å²) in [7, 11) is 0. The molecule has 178 valence electrons. The van der Waals surface area contributed by atoms with Gasteiger partial charge in [0, 0.05) is 12.1 Å². The van der Waals surface area contributed by atoms with Gasteiger partial charge in [-0.15, -0.1) is 0 Å². The summed E-state index contributed by atoms with van der Waals surface area (Å²) >= 11 is 0. The molecule has 0 heterocycles. The molecule has 2 saturated carbocycles. The molecule has 30 heavy (non-hydrogen) atoms. The topological polar surface area (TPSA) is 52.0 Å². The number of hydrogen-bond donors (Lipinski definition) is 2. The number of hydrogen-bond acceptors (Lipinski definition) is 2. The zero-order valence-electron chi connectivity index (χ0n) is 21.5. The van der Waals surface area contributed by atoms with E-state index in [1.807, 2.05) is 0 Å². The molecule has 2 aliphatic rings. The first-order valence-electron chi connectivity index (χ1n) is 13.5. The summed E-state index contributed by atoms with van der Waals surface area (Å²) in [6.45, 7) is 14.4. The number of rotatable bonds is 11. The highest BCUT2D eigenvalue weighted by Gasteiger charge is 2.38. The second kappa shape index (κ2) is 11.7. The van der Waals surface area contributed by atoms with Gasteiger partial charge in [-0.3, -0.25) is 0 Å². The first-order chi connectivity index (χ1) is 14.0. The first-order valence-corrected chi connectivity index (χ1v) is 13.5. The monoisotopic (exact) mass is 420 g/mol. The number of nitrogens with two attached hydrogens (primary N) is 2. The highest BCUT2D eigenvalue weighted by Crippen LogP contribution is 2.49. The van der Waals surface area contributed by atoms with Crippen molar-refractivity contribution in [2.24, 2.45) is 46.0 Å². The van der Waals surface area contributed by atoms with Crippen LogP contribution in [0.5, 0.6) is 0 Å². The predicted molar refractivity (Wildman–Crippen MR) is 133 cm³/mol. The summed E-state index contributed by atoms with van der Waals surface area (Å²) < 4.78 is 0. The molecule has 2 rings (SSSR count). The fourth-order valence-corrected chi connectivity index (χ4v) is 6.91. The summed E-state index contributed by atoms with van der Waals surface area (Å²) in [5, 5.41) is 0. The van der Waals surface area contributed by atoms with Crippen molar-refractivity contribution >= 4 is 0 Å². The van der Waals surface area contributed by atoms with Gasteiger partial charge in [-0.1, -0.05) is 40.5 Å². The zero-order chi connectivity index (χ0) is 22.4. The van der Waals surface area contributed by atoms with E-state index in [4.69, 9.17) is 11.5 Å². The van der Waals surface area contributed by atoms with Crippen LogP contribution in [-0.4, -0.2) is 12.1 Å². The Hall–Kier alpha value is -0.0800. The molecular formula is C28H56N2. The average Bonchev–Trinajstić information content (AvgIpc) is 2.67. The summed E-state index contributed by atoms with van der Waals surface area (Å²) in [5.41, 5.74) is 12.9. The summed E-state index contributed by atoms with van der Waals surface area (Å²) in [5.74, 6) is 3.90. The largest absolute Gasteiger partial charge is 0.328 e. The van der Waals surface area contributed by atoms with Crippen LogP contribution in [0.1, 0.15) is 131 Å². The molecule has 0 saturated heterocycles. The maximum Gasteiger partial charge on any atom is 0.00104 e. The Labute approximate surface area is 189 Å². The van der Waals surface area contributed by atoms with E-state index < -0.39 is 0 Å². The first kappa shape index (κ1) is 26.2. The van der Waals surface area contributed by atoms with E-state index in [0.717, 1.165) is 23.7 Å². The van der Waals surface area contributed by atoms with E-state index in [0.29, 0.717) is 22.9 Å². The van der Waals surface area contributed by atoms with Gasteiger partial charge in [-0.25, -0.2) is 0 Å². The fraction of sp³-hybridized carbons (Fsp3) is 1.00. The van der Waals surface area contributed by atoms with Crippen LogP contribution < -0.4 is 11.5 Å². The van der Waals surface area contributed by atoms with E-state index in [1.54, 1.807) is 0 Å². The Morgan fingerprint density at radius 2 is 0.900 bits per heavy atom. The Morgan fingerprint density at radius 3 is 1.17 bits per heavy atom. The molecule has 0 aliphatic heterocycles. The maximum atomic E-state index is 5.97. The SMILES string of the molecule is CC(N)CCCC(C)(C)C1CCC(C2CCC(C(C)(C)CCCC(C)N)CC2)CC1. The molecule has 2 aliphatic carbocycles. The van der Waals surface area contributed by atoms with Gasteiger partial charge in [0.1, 0.15) is 0 Å². The lowest BCUT2D eigenvalue weighted by atomic mass is 9.61. The Balaban J connectivity index is 1.72. The molecule has 2 heteroatoms. The van der Waals surface area contributed by atoms with Crippen molar-refractivity contribution in [3.05, 3.63) is 0 Å². The third-order valence-electron chi connectivity index (χ3n) is 9.38. The van der Waals surface area contributed by atoms with Crippen LogP contribution in [0.2, 0.25) is 0 Å². The van der Waals surface area contributed by atoms with Gasteiger partial charge in [0.15, 0.2) is 0 Å². The predicted octanol–water partition coefficient (Wildman–Crippen LogP) is 7.69. The normalized spacial score (nSPS) is 30.8. The lowest BCUT2D eigenvalue weighted by molar-refractivity contribution is 0.0625. The highest BCUT2D eigenvalue weighted by atomic mass is 14.6. The second-order valence-corrected chi connectivity index (χ2v) is 12.9. The zero-order valence-corrected chi connectivity index (χ0v) is 21.5. The van der Waals surface area contributed by atoms with Gasteiger partial charge in [0.25, 0.3) is 0 Å². The Kier molecular flexibility index (Phi) is 10.2. The van der Waals surface area contributed by atoms with Crippen LogP contribution in [0.25, 0.3) is 0 Å². The molecule has 2 unspecified atom stereocenters. The molecule has 0 spiro atoms. The molecular weight excluding hydrogens is 364 g/mol. The lowest BCUT2D eigenvalue weighted by Gasteiger charge is -2.45. The maximum absolute atomic E-state index is 5.97. The highest BCUT2D eigenvalue weighted by molar-refractivity contribution is 4.89. The van der Waals surface area contributed by atoms with Crippen LogP contribution in [0, 0.1) is 34.5 Å². The molecule has 0 radical (unpaired) electrons. The van der Waals surface area contributed by atoms with Crippen LogP contribution in [-0.2, 0) is 0 Å². The van der Waals surface area contributed by atoms with Crippen molar-refractivity contribution in [3.8, 4) is 0 Å². The third-order valence-corrected chi connectivity index (χ3v) is 9.38. The van der Waals surface area contributed by atoms with Crippen molar-refractivity contribution in [2.75, 3.05) is 0 Å². The smallest absolute Gasteiger partial charge is 0.00104 e. The standard InChI is InChI=1S/C28H56N2/c1-21(29)9-7-19-27(3,4)25-15-11-23(12-16-25)24-13-17-26(18-14-24)28(5,6)20-8-10-22(2)30/h21-26H,7-20,29-30H2,1-6H3. The third kappa shape index (κ3) is 8.12. The fourth-order valence-electron chi connectivity index (χ4n) is 6.91. The molecule has 4 N–H and O–H groups in total. The summed E-state index contributed by atoms with van der Waals surface area (Å²) in [6, 6.07) is 0.724.